The van der Waals surface area contributed by atoms with Gasteiger partial charge in [-0.15, -0.1) is 0 Å². The first-order valence-corrected chi connectivity index (χ1v) is 6.20. The van der Waals surface area contributed by atoms with Crippen LogP contribution in [0.15, 0.2) is 42.5 Å². The molecule has 2 aromatic rings. The summed E-state index contributed by atoms with van der Waals surface area (Å²) in [6.07, 6.45) is 0.352. The van der Waals surface area contributed by atoms with Crippen LogP contribution in [0.5, 0.6) is 5.75 Å². The van der Waals surface area contributed by atoms with Crippen LogP contribution < -0.4 is 4.74 Å². The van der Waals surface area contributed by atoms with E-state index in [1.54, 1.807) is 43.3 Å². The molecule has 0 N–H and O–H groups in total. The smallest absolute Gasteiger partial charge is 0.272 e. The topological polar surface area (TPSA) is 52.4 Å². The van der Waals surface area contributed by atoms with Gasteiger partial charge in [-0.2, -0.15) is 0 Å². The van der Waals surface area contributed by atoms with Crippen LogP contribution in [0.3, 0.4) is 0 Å². The minimum atomic E-state index is -0.428. The molecule has 0 radical (unpaired) electrons. The number of benzene rings is 2. The van der Waals surface area contributed by atoms with Gasteiger partial charge in [-0.1, -0.05) is 30.3 Å². The van der Waals surface area contributed by atoms with Crippen LogP contribution in [0.1, 0.15) is 11.1 Å². The first-order valence-electron chi connectivity index (χ1n) is 6.20. The van der Waals surface area contributed by atoms with Gasteiger partial charge in [0.05, 0.1) is 11.5 Å². The average molecular weight is 275 g/mol. The predicted molar refractivity (Wildman–Crippen MR) is 73.4 cm³/mol. The molecule has 0 aliphatic carbocycles. The maximum Gasteiger partial charge on any atom is 0.272 e. The Hall–Kier alpha value is -2.43. The van der Waals surface area contributed by atoms with Gasteiger partial charge in [0.1, 0.15) is 0 Å². The van der Waals surface area contributed by atoms with E-state index in [-0.39, 0.29) is 18.0 Å². The van der Waals surface area contributed by atoms with Crippen LogP contribution in [0.25, 0.3) is 0 Å². The summed E-state index contributed by atoms with van der Waals surface area (Å²) in [6, 6.07) is 11.4. The summed E-state index contributed by atoms with van der Waals surface area (Å²) in [4.78, 5) is 10.4. The summed E-state index contributed by atoms with van der Waals surface area (Å²) in [5, 5.41) is 10.9. The molecule has 0 saturated heterocycles. The molecule has 0 bridgehead atoms. The van der Waals surface area contributed by atoms with E-state index in [1.807, 2.05) is 0 Å². The first kappa shape index (κ1) is 14.0. The van der Waals surface area contributed by atoms with Crippen molar-refractivity contribution in [2.45, 2.75) is 13.3 Å². The molecule has 0 atom stereocenters. The molecular weight excluding hydrogens is 261 g/mol. The molecule has 20 heavy (non-hydrogen) atoms. The van der Waals surface area contributed by atoms with Crippen molar-refractivity contribution in [2.24, 2.45) is 0 Å². The number of rotatable bonds is 5. The lowest BCUT2D eigenvalue weighted by Gasteiger charge is -2.08. The largest absolute Gasteiger partial charge is 0.490 e. The zero-order valence-electron chi connectivity index (χ0n) is 11.0. The Bertz CT molecular complexity index is 628. The van der Waals surface area contributed by atoms with Gasteiger partial charge in [0.2, 0.25) is 0 Å². The van der Waals surface area contributed by atoms with Crippen molar-refractivity contribution >= 4 is 5.69 Å². The Morgan fingerprint density at radius 2 is 1.95 bits per heavy atom. The van der Waals surface area contributed by atoms with Gasteiger partial charge in [0.15, 0.2) is 11.6 Å². The molecule has 0 aliphatic rings. The summed E-state index contributed by atoms with van der Waals surface area (Å²) in [6.45, 7) is 1.84. The highest BCUT2D eigenvalue weighted by atomic mass is 19.1. The molecule has 4 nitrogen and oxygen atoms in total. The maximum atomic E-state index is 13.7. The molecule has 2 aromatic carbocycles. The number of para-hydroxylation sites is 1. The molecule has 0 aromatic heterocycles. The standard InChI is InChI=1S/C15H14FNO3/c1-11-5-4-8-14(15(11)16)20-10-9-12-6-2-3-7-13(12)17(18)19/h2-8H,9-10H2,1H3. The highest BCUT2D eigenvalue weighted by Gasteiger charge is 2.12. The fourth-order valence-corrected chi connectivity index (χ4v) is 1.90. The average Bonchev–Trinajstić information content (AvgIpc) is 2.44. The summed E-state index contributed by atoms with van der Waals surface area (Å²) in [5.74, 6) is -0.223. The number of aryl methyl sites for hydroxylation is 1. The van der Waals surface area contributed by atoms with Gasteiger partial charge in [-0.3, -0.25) is 10.1 Å². The minimum absolute atomic E-state index is 0.0563. The SMILES string of the molecule is Cc1cccc(OCCc2ccccc2[N+](=O)[O-])c1F. The second-order valence-corrected chi connectivity index (χ2v) is 4.37. The Morgan fingerprint density at radius 1 is 1.20 bits per heavy atom. The van der Waals surface area contributed by atoms with Crippen LogP contribution in [0, 0.1) is 22.9 Å². The van der Waals surface area contributed by atoms with Gasteiger partial charge < -0.3 is 4.74 Å². The Labute approximate surface area is 116 Å². The van der Waals surface area contributed by atoms with Crippen LogP contribution >= 0.6 is 0 Å². The molecule has 0 amide bonds. The Balaban J connectivity index is 2.03. The van der Waals surface area contributed by atoms with Gasteiger partial charge in [0.25, 0.3) is 5.69 Å². The Kier molecular flexibility index (Phi) is 4.30. The first-order chi connectivity index (χ1) is 9.59. The normalized spacial score (nSPS) is 10.3. The fraction of sp³-hybridized carbons (Fsp3) is 0.200. The highest BCUT2D eigenvalue weighted by Crippen LogP contribution is 2.21. The molecular formula is C15H14FNO3. The van der Waals surface area contributed by atoms with Gasteiger partial charge in [-0.05, 0) is 18.6 Å². The molecule has 0 unspecified atom stereocenters. The van der Waals surface area contributed by atoms with E-state index < -0.39 is 10.7 Å². The third-order valence-electron chi connectivity index (χ3n) is 2.97. The zero-order chi connectivity index (χ0) is 14.5. The molecule has 0 saturated carbocycles. The van der Waals surface area contributed by atoms with E-state index >= 15 is 0 Å². The Morgan fingerprint density at radius 3 is 2.70 bits per heavy atom. The number of nitrogens with zero attached hydrogens (tertiary/aromatic N) is 1. The molecule has 0 aliphatic heterocycles. The lowest BCUT2D eigenvalue weighted by molar-refractivity contribution is -0.385. The van der Waals surface area contributed by atoms with Gasteiger partial charge in [-0.25, -0.2) is 4.39 Å². The summed E-state index contributed by atoms with van der Waals surface area (Å²) < 4.78 is 19.1. The second-order valence-electron chi connectivity index (χ2n) is 4.37. The molecule has 0 fully saturated rings. The van der Waals surface area contributed by atoms with Crippen molar-refractivity contribution < 1.29 is 14.1 Å². The fourth-order valence-electron chi connectivity index (χ4n) is 1.90. The number of hydrogen-bond acceptors (Lipinski definition) is 3. The van der Waals surface area contributed by atoms with Crippen LogP contribution in [0.4, 0.5) is 10.1 Å². The number of hydrogen-bond donors (Lipinski definition) is 0. The van der Waals surface area contributed by atoms with Crippen molar-refractivity contribution in [3.05, 3.63) is 69.5 Å². The molecule has 5 heteroatoms. The van der Waals surface area contributed by atoms with Crippen LogP contribution in [0.2, 0.25) is 0 Å². The van der Waals surface area contributed by atoms with Crippen LogP contribution in [-0.2, 0) is 6.42 Å². The van der Waals surface area contributed by atoms with Gasteiger partial charge in [0, 0.05) is 18.1 Å². The van der Waals surface area contributed by atoms with Crippen molar-refractivity contribution in [1.29, 1.82) is 0 Å². The van der Waals surface area contributed by atoms with E-state index in [9.17, 15) is 14.5 Å². The summed E-state index contributed by atoms with van der Waals surface area (Å²) in [5.41, 5.74) is 1.14. The van der Waals surface area contributed by atoms with E-state index in [2.05, 4.69) is 0 Å². The van der Waals surface area contributed by atoms with Crippen molar-refractivity contribution in [1.82, 2.24) is 0 Å². The second kappa shape index (κ2) is 6.14. The minimum Gasteiger partial charge on any atom is -0.490 e. The zero-order valence-corrected chi connectivity index (χ0v) is 11.0. The number of halogens is 1. The number of ether oxygens (including phenoxy) is 1. The maximum absolute atomic E-state index is 13.7. The van der Waals surface area contributed by atoms with E-state index in [1.165, 1.54) is 6.07 Å². The molecule has 0 spiro atoms. The number of nitro groups is 1. The quantitative estimate of drug-likeness (QED) is 0.618. The third-order valence-corrected chi connectivity index (χ3v) is 2.97. The number of nitro benzene ring substituents is 1. The molecule has 0 heterocycles. The van der Waals surface area contributed by atoms with Crippen LogP contribution in [-0.4, -0.2) is 11.5 Å². The predicted octanol–water partition coefficient (Wildman–Crippen LogP) is 3.66. The summed E-state index contributed by atoms with van der Waals surface area (Å²) >= 11 is 0. The van der Waals surface area contributed by atoms with E-state index in [0.29, 0.717) is 17.5 Å². The lowest BCUT2D eigenvalue weighted by Crippen LogP contribution is -2.05. The van der Waals surface area contributed by atoms with Crippen molar-refractivity contribution in [3.8, 4) is 5.75 Å². The van der Waals surface area contributed by atoms with E-state index in [0.717, 1.165) is 0 Å². The van der Waals surface area contributed by atoms with E-state index in [4.69, 9.17) is 4.74 Å². The lowest BCUT2D eigenvalue weighted by atomic mass is 10.1. The summed E-state index contributed by atoms with van der Waals surface area (Å²) in [7, 11) is 0. The molecule has 104 valence electrons. The van der Waals surface area contributed by atoms with Gasteiger partial charge >= 0.3 is 0 Å². The molecule has 2 rings (SSSR count). The third kappa shape index (κ3) is 3.12. The van der Waals surface area contributed by atoms with Crippen molar-refractivity contribution in [2.75, 3.05) is 6.61 Å². The monoisotopic (exact) mass is 275 g/mol. The highest BCUT2D eigenvalue weighted by molar-refractivity contribution is 5.40. The van der Waals surface area contributed by atoms with Crippen molar-refractivity contribution in [3.63, 3.8) is 0 Å².